The van der Waals surface area contributed by atoms with Crippen molar-refractivity contribution in [2.45, 2.75) is 43.9 Å². The van der Waals surface area contributed by atoms with Gasteiger partial charge in [0, 0.05) is 18.3 Å². The van der Waals surface area contributed by atoms with Gasteiger partial charge in [-0.15, -0.1) is 10.2 Å². The smallest absolute Gasteiger partial charge is 0.182 e. The van der Waals surface area contributed by atoms with Crippen molar-refractivity contribution in [3.8, 4) is 0 Å². The molecule has 0 aliphatic heterocycles. The highest BCUT2D eigenvalue weighted by molar-refractivity contribution is 5.50. The number of aromatic nitrogens is 4. The van der Waals surface area contributed by atoms with Gasteiger partial charge in [0.15, 0.2) is 5.65 Å². The minimum absolute atomic E-state index is 0.0492. The molecule has 5 rings (SSSR count). The molecule has 2 heterocycles. The number of rotatable bonds is 3. The van der Waals surface area contributed by atoms with E-state index in [1.807, 2.05) is 12.4 Å². The Labute approximate surface area is 129 Å². The SMILES string of the molecule is Cc1cccc(C2(c3nnc4c(C5CC5)nccn34)CC2)c1. The highest BCUT2D eigenvalue weighted by atomic mass is 15.3. The van der Waals surface area contributed by atoms with Crippen molar-refractivity contribution in [2.24, 2.45) is 0 Å². The summed E-state index contributed by atoms with van der Waals surface area (Å²) in [7, 11) is 0. The molecule has 2 aromatic heterocycles. The van der Waals surface area contributed by atoms with E-state index in [4.69, 9.17) is 0 Å². The van der Waals surface area contributed by atoms with E-state index in [2.05, 4.69) is 50.8 Å². The molecule has 0 saturated heterocycles. The number of hydrogen-bond acceptors (Lipinski definition) is 3. The second kappa shape index (κ2) is 4.15. The first-order chi connectivity index (χ1) is 10.8. The van der Waals surface area contributed by atoms with E-state index in [0.717, 1.165) is 30.0 Å². The number of aryl methyl sites for hydroxylation is 1. The van der Waals surface area contributed by atoms with E-state index in [1.165, 1.54) is 24.0 Å². The van der Waals surface area contributed by atoms with Crippen LogP contribution in [0.1, 0.15) is 54.2 Å². The Hall–Kier alpha value is -2.23. The molecule has 4 nitrogen and oxygen atoms in total. The largest absolute Gasteiger partial charge is 0.283 e. The fourth-order valence-electron chi connectivity index (χ4n) is 3.53. The van der Waals surface area contributed by atoms with Crippen LogP contribution in [0.5, 0.6) is 0 Å². The van der Waals surface area contributed by atoms with Crippen LogP contribution >= 0.6 is 0 Å². The second-order valence-electron chi connectivity index (χ2n) is 6.76. The molecule has 0 amide bonds. The second-order valence-corrected chi connectivity index (χ2v) is 6.76. The van der Waals surface area contributed by atoms with Gasteiger partial charge in [0.05, 0.1) is 11.1 Å². The Morgan fingerprint density at radius 3 is 2.77 bits per heavy atom. The molecule has 0 atom stereocenters. The molecule has 2 fully saturated rings. The van der Waals surface area contributed by atoms with Crippen LogP contribution in [0.2, 0.25) is 0 Å². The van der Waals surface area contributed by atoms with Crippen molar-refractivity contribution < 1.29 is 0 Å². The maximum Gasteiger partial charge on any atom is 0.182 e. The predicted octanol–water partition coefficient (Wildman–Crippen LogP) is 3.39. The average Bonchev–Trinajstić information content (AvgIpc) is 3.45. The molecular formula is C18H18N4. The molecule has 2 aliphatic carbocycles. The van der Waals surface area contributed by atoms with E-state index in [9.17, 15) is 0 Å². The van der Waals surface area contributed by atoms with E-state index in [1.54, 1.807) is 0 Å². The van der Waals surface area contributed by atoms with Crippen LogP contribution in [0, 0.1) is 6.92 Å². The van der Waals surface area contributed by atoms with E-state index >= 15 is 0 Å². The van der Waals surface area contributed by atoms with Crippen LogP contribution in [0.3, 0.4) is 0 Å². The monoisotopic (exact) mass is 290 g/mol. The maximum atomic E-state index is 4.58. The summed E-state index contributed by atoms with van der Waals surface area (Å²) in [5.41, 5.74) is 4.80. The van der Waals surface area contributed by atoms with Crippen LogP contribution in [0.15, 0.2) is 36.7 Å². The third-order valence-electron chi connectivity index (χ3n) is 5.07. The molecule has 0 N–H and O–H groups in total. The molecule has 110 valence electrons. The summed E-state index contributed by atoms with van der Waals surface area (Å²) in [6.45, 7) is 2.15. The lowest BCUT2D eigenvalue weighted by atomic mass is 9.94. The first kappa shape index (κ1) is 12.3. The van der Waals surface area contributed by atoms with Crippen LogP contribution in [0.4, 0.5) is 0 Å². The Morgan fingerprint density at radius 1 is 1.18 bits per heavy atom. The molecule has 4 heteroatoms. The zero-order chi connectivity index (χ0) is 14.7. The molecular weight excluding hydrogens is 272 g/mol. The first-order valence-electron chi connectivity index (χ1n) is 8.05. The lowest BCUT2D eigenvalue weighted by molar-refractivity contribution is 0.737. The Kier molecular flexibility index (Phi) is 2.33. The van der Waals surface area contributed by atoms with Gasteiger partial charge in [0.1, 0.15) is 5.82 Å². The van der Waals surface area contributed by atoms with Crippen LogP contribution < -0.4 is 0 Å². The number of hydrogen-bond donors (Lipinski definition) is 0. The van der Waals surface area contributed by atoms with E-state index < -0.39 is 0 Å². The van der Waals surface area contributed by atoms with E-state index in [0.29, 0.717) is 5.92 Å². The Balaban J connectivity index is 1.69. The van der Waals surface area contributed by atoms with Crippen molar-refractivity contribution in [3.63, 3.8) is 0 Å². The Morgan fingerprint density at radius 2 is 2.05 bits per heavy atom. The average molecular weight is 290 g/mol. The molecule has 0 unspecified atom stereocenters. The fraction of sp³-hybridized carbons (Fsp3) is 0.389. The summed E-state index contributed by atoms with van der Waals surface area (Å²) >= 11 is 0. The van der Waals surface area contributed by atoms with Crippen LogP contribution in [-0.2, 0) is 5.41 Å². The number of nitrogens with zero attached hydrogens (tertiary/aromatic N) is 4. The van der Waals surface area contributed by atoms with Crippen molar-refractivity contribution in [3.05, 3.63) is 59.3 Å². The molecule has 2 aliphatic rings. The minimum Gasteiger partial charge on any atom is -0.283 e. The molecule has 0 radical (unpaired) electrons. The summed E-state index contributed by atoms with van der Waals surface area (Å²) in [4.78, 5) is 4.55. The topological polar surface area (TPSA) is 43.1 Å². The van der Waals surface area contributed by atoms with Gasteiger partial charge in [-0.05, 0) is 38.2 Å². The summed E-state index contributed by atoms with van der Waals surface area (Å²) < 4.78 is 2.18. The molecule has 3 aromatic rings. The minimum atomic E-state index is 0.0492. The third-order valence-corrected chi connectivity index (χ3v) is 5.07. The zero-order valence-electron chi connectivity index (χ0n) is 12.7. The van der Waals surface area contributed by atoms with Gasteiger partial charge in [-0.25, -0.2) is 0 Å². The standard InChI is InChI=1S/C18H18N4/c1-12-3-2-4-14(11-12)18(7-8-18)17-21-20-16-15(13-5-6-13)19-9-10-22(16)17/h2-4,9-11,13H,5-8H2,1H3. The molecule has 1 aromatic carbocycles. The van der Waals surface area contributed by atoms with Crippen molar-refractivity contribution >= 4 is 5.65 Å². The normalized spacial score (nSPS) is 19.5. The summed E-state index contributed by atoms with van der Waals surface area (Å²) in [6, 6.07) is 8.81. The van der Waals surface area contributed by atoms with Gasteiger partial charge in [-0.2, -0.15) is 0 Å². The molecule has 0 spiro atoms. The first-order valence-corrected chi connectivity index (χ1v) is 8.05. The quantitative estimate of drug-likeness (QED) is 0.742. The van der Waals surface area contributed by atoms with Crippen molar-refractivity contribution in [2.75, 3.05) is 0 Å². The molecule has 22 heavy (non-hydrogen) atoms. The van der Waals surface area contributed by atoms with Gasteiger partial charge in [-0.1, -0.05) is 29.8 Å². The molecule has 2 saturated carbocycles. The van der Waals surface area contributed by atoms with Gasteiger partial charge in [0.2, 0.25) is 0 Å². The lowest BCUT2D eigenvalue weighted by Gasteiger charge is -2.14. The van der Waals surface area contributed by atoms with Crippen LogP contribution in [0.25, 0.3) is 5.65 Å². The highest BCUT2D eigenvalue weighted by Crippen LogP contribution is 2.53. The summed E-state index contributed by atoms with van der Waals surface area (Å²) in [6.07, 6.45) is 8.69. The zero-order valence-corrected chi connectivity index (χ0v) is 12.7. The highest BCUT2D eigenvalue weighted by Gasteiger charge is 2.50. The van der Waals surface area contributed by atoms with E-state index in [-0.39, 0.29) is 5.41 Å². The third kappa shape index (κ3) is 1.67. The predicted molar refractivity (Wildman–Crippen MR) is 84.0 cm³/mol. The maximum absolute atomic E-state index is 4.58. The van der Waals surface area contributed by atoms with Crippen molar-refractivity contribution in [1.29, 1.82) is 0 Å². The lowest BCUT2D eigenvalue weighted by Crippen LogP contribution is -2.14. The van der Waals surface area contributed by atoms with Gasteiger partial charge < -0.3 is 0 Å². The van der Waals surface area contributed by atoms with Gasteiger partial charge >= 0.3 is 0 Å². The fourth-order valence-corrected chi connectivity index (χ4v) is 3.53. The Bertz CT molecular complexity index is 872. The summed E-state index contributed by atoms with van der Waals surface area (Å²) in [5, 5.41) is 9.06. The molecule has 0 bridgehead atoms. The number of fused-ring (bicyclic) bond motifs is 1. The van der Waals surface area contributed by atoms with Crippen LogP contribution in [-0.4, -0.2) is 19.6 Å². The van der Waals surface area contributed by atoms with Crippen molar-refractivity contribution in [1.82, 2.24) is 19.6 Å². The summed E-state index contributed by atoms with van der Waals surface area (Å²) in [5.74, 6) is 1.67. The van der Waals surface area contributed by atoms with Gasteiger partial charge in [-0.3, -0.25) is 9.38 Å². The number of benzene rings is 1. The van der Waals surface area contributed by atoms with Gasteiger partial charge in [0.25, 0.3) is 0 Å².